The standard InChI is InChI=1S/C12H24N2O3S2/c1-2-11(12(13)18)19(15,16)14-8-9-17-10-6-4-3-5-7-10/h10-11,14H,2-9H2,1H3,(H2,13,18). The average Bonchev–Trinajstić information content (AvgIpc) is 2.36. The first kappa shape index (κ1) is 16.8. The molecule has 5 nitrogen and oxygen atoms in total. The van der Waals surface area contributed by atoms with Crippen molar-refractivity contribution in [2.24, 2.45) is 5.73 Å². The fraction of sp³-hybridized carbons (Fsp3) is 0.917. The molecule has 3 N–H and O–H groups in total. The van der Waals surface area contributed by atoms with Crippen molar-refractivity contribution >= 4 is 27.2 Å². The Kier molecular flexibility index (Phi) is 7.20. The van der Waals surface area contributed by atoms with Crippen LogP contribution in [-0.4, -0.2) is 37.9 Å². The normalized spacial score (nSPS) is 19.2. The number of nitrogens with one attached hydrogen (secondary N) is 1. The Hall–Kier alpha value is -0.240. The fourth-order valence-electron chi connectivity index (χ4n) is 2.32. The van der Waals surface area contributed by atoms with E-state index in [-0.39, 0.29) is 17.6 Å². The van der Waals surface area contributed by atoms with Gasteiger partial charge in [-0.2, -0.15) is 0 Å². The number of ether oxygens (including phenoxy) is 1. The van der Waals surface area contributed by atoms with E-state index < -0.39 is 15.3 Å². The van der Waals surface area contributed by atoms with E-state index in [1.54, 1.807) is 6.92 Å². The van der Waals surface area contributed by atoms with E-state index >= 15 is 0 Å². The highest BCUT2D eigenvalue weighted by Gasteiger charge is 2.25. The largest absolute Gasteiger partial charge is 0.392 e. The Balaban J connectivity index is 2.29. The van der Waals surface area contributed by atoms with Gasteiger partial charge in [0, 0.05) is 6.54 Å². The molecule has 1 unspecified atom stereocenters. The molecule has 1 saturated carbocycles. The van der Waals surface area contributed by atoms with Gasteiger partial charge in [-0.25, -0.2) is 13.1 Å². The van der Waals surface area contributed by atoms with Crippen LogP contribution in [0, 0.1) is 0 Å². The molecule has 0 aliphatic heterocycles. The van der Waals surface area contributed by atoms with Crippen LogP contribution in [0.1, 0.15) is 45.4 Å². The predicted octanol–water partition coefficient (Wildman–Crippen LogP) is 1.32. The van der Waals surface area contributed by atoms with Crippen LogP contribution in [0.15, 0.2) is 0 Å². The van der Waals surface area contributed by atoms with Gasteiger partial charge < -0.3 is 10.5 Å². The smallest absolute Gasteiger partial charge is 0.221 e. The molecule has 1 atom stereocenters. The lowest BCUT2D eigenvalue weighted by Crippen LogP contribution is -2.42. The SMILES string of the molecule is CCC(C(N)=S)S(=O)(=O)NCCOC1CCCCC1. The van der Waals surface area contributed by atoms with Gasteiger partial charge in [0.1, 0.15) is 5.25 Å². The lowest BCUT2D eigenvalue weighted by atomic mass is 9.98. The van der Waals surface area contributed by atoms with Crippen molar-refractivity contribution in [2.75, 3.05) is 13.2 Å². The molecule has 7 heteroatoms. The second-order valence-electron chi connectivity index (χ2n) is 4.87. The van der Waals surface area contributed by atoms with Gasteiger partial charge >= 0.3 is 0 Å². The summed E-state index contributed by atoms with van der Waals surface area (Å²) in [5, 5.41) is -0.794. The van der Waals surface area contributed by atoms with E-state index in [1.807, 2.05) is 0 Å². The molecule has 0 aromatic carbocycles. The zero-order valence-electron chi connectivity index (χ0n) is 11.4. The minimum atomic E-state index is -3.47. The Morgan fingerprint density at radius 1 is 1.42 bits per heavy atom. The maximum Gasteiger partial charge on any atom is 0.221 e. The monoisotopic (exact) mass is 308 g/mol. The van der Waals surface area contributed by atoms with Crippen molar-refractivity contribution in [2.45, 2.75) is 56.8 Å². The first-order chi connectivity index (χ1) is 8.97. The summed E-state index contributed by atoms with van der Waals surface area (Å²) in [5.41, 5.74) is 5.44. The van der Waals surface area contributed by atoms with Crippen molar-refractivity contribution < 1.29 is 13.2 Å². The van der Waals surface area contributed by atoms with Crippen molar-refractivity contribution in [1.82, 2.24) is 4.72 Å². The summed E-state index contributed by atoms with van der Waals surface area (Å²) < 4.78 is 32.0. The number of nitrogens with two attached hydrogens (primary N) is 1. The van der Waals surface area contributed by atoms with Gasteiger partial charge in [-0.05, 0) is 19.3 Å². The molecule has 0 spiro atoms. The van der Waals surface area contributed by atoms with E-state index in [4.69, 9.17) is 22.7 Å². The summed E-state index contributed by atoms with van der Waals surface area (Å²) in [6.07, 6.45) is 6.52. The van der Waals surface area contributed by atoms with Crippen LogP contribution in [0.5, 0.6) is 0 Å². The summed E-state index contributed by atoms with van der Waals surface area (Å²) in [6, 6.07) is 0. The molecular weight excluding hydrogens is 284 g/mol. The number of hydrogen-bond donors (Lipinski definition) is 2. The Bertz CT molecular complexity index is 378. The van der Waals surface area contributed by atoms with E-state index in [9.17, 15) is 8.42 Å². The molecule has 0 aromatic rings. The van der Waals surface area contributed by atoms with Crippen LogP contribution < -0.4 is 10.5 Å². The molecule has 0 aromatic heterocycles. The first-order valence-electron chi connectivity index (χ1n) is 6.86. The summed E-state index contributed by atoms with van der Waals surface area (Å²) in [6.45, 7) is 2.43. The van der Waals surface area contributed by atoms with Crippen molar-refractivity contribution in [3.63, 3.8) is 0 Å². The summed E-state index contributed by atoms with van der Waals surface area (Å²) in [7, 11) is -3.47. The molecule has 1 fully saturated rings. The second-order valence-corrected chi connectivity index (χ2v) is 7.29. The molecule has 0 saturated heterocycles. The molecule has 1 rings (SSSR count). The summed E-state index contributed by atoms with van der Waals surface area (Å²) in [4.78, 5) is 0.0169. The first-order valence-corrected chi connectivity index (χ1v) is 8.82. The van der Waals surface area contributed by atoms with Gasteiger partial charge in [0.25, 0.3) is 0 Å². The van der Waals surface area contributed by atoms with E-state index in [0.717, 1.165) is 12.8 Å². The van der Waals surface area contributed by atoms with Gasteiger partial charge in [0.2, 0.25) is 10.0 Å². The molecule has 1 aliphatic carbocycles. The van der Waals surface area contributed by atoms with Crippen LogP contribution >= 0.6 is 12.2 Å². The van der Waals surface area contributed by atoms with E-state index in [1.165, 1.54) is 19.3 Å². The molecule has 0 heterocycles. The molecular formula is C12H24N2O3S2. The topological polar surface area (TPSA) is 81.4 Å². The highest BCUT2D eigenvalue weighted by atomic mass is 32.2. The third kappa shape index (κ3) is 5.72. The fourth-order valence-corrected chi connectivity index (χ4v) is 4.18. The van der Waals surface area contributed by atoms with Crippen molar-refractivity contribution in [3.8, 4) is 0 Å². The number of hydrogen-bond acceptors (Lipinski definition) is 4. The maximum atomic E-state index is 11.9. The van der Waals surface area contributed by atoms with Gasteiger partial charge in [-0.15, -0.1) is 0 Å². The third-order valence-corrected chi connectivity index (χ3v) is 5.75. The Labute approximate surface area is 121 Å². The van der Waals surface area contributed by atoms with E-state index in [2.05, 4.69) is 4.72 Å². The average molecular weight is 308 g/mol. The van der Waals surface area contributed by atoms with Crippen LogP contribution in [0.4, 0.5) is 0 Å². The minimum Gasteiger partial charge on any atom is -0.392 e. The summed E-state index contributed by atoms with van der Waals surface area (Å²) >= 11 is 4.77. The lowest BCUT2D eigenvalue weighted by Gasteiger charge is -2.22. The van der Waals surface area contributed by atoms with Gasteiger partial charge in [0.15, 0.2) is 0 Å². The predicted molar refractivity (Wildman–Crippen MR) is 80.6 cm³/mol. The third-order valence-electron chi connectivity index (χ3n) is 3.37. The Morgan fingerprint density at radius 3 is 2.58 bits per heavy atom. The van der Waals surface area contributed by atoms with Gasteiger partial charge in [-0.1, -0.05) is 38.4 Å². The molecule has 19 heavy (non-hydrogen) atoms. The molecule has 112 valence electrons. The molecule has 1 aliphatic rings. The van der Waals surface area contributed by atoms with Crippen molar-refractivity contribution in [1.29, 1.82) is 0 Å². The van der Waals surface area contributed by atoms with Crippen LogP contribution in [-0.2, 0) is 14.8 Å². The zero-order chi connectivity index (χ0) is 14.3. The zero-order valence-corrected chi connectivity index (χ0v) is 13.1. The van der Waals surface area contributed by atoms with Crippen LogP contribution in [0.25, 0.3) is 0 Å². The number of rotatable bonds is 8. The number of thiocarbonyl (C=S) groups is 1. The molecule has 0 radical (unpaired) electrons. The highest BCUT2D eigenvalue weighted by Crippen LogP contribution is 2.19. The maximum absolute atomic E-state index is 11.9. The van der Waals surface area contributed by atoms with Crippen molar-refractivity contribution in [3.05, 3.63) is 0 Å². The van der Waals surface area contributed by atoms with Gasteiger partial charge in [-0.3, -0.25) is 0 Å². The summed E-state index contributed by atoms with van der Waals surface area (Å²) in [5.74, 6) is 0. The van der Waals surface area contributed by atoms with Crippen LogP contribution in [0.2, 0.25) is 0 Å². The minimum absolute atomic E-state index is 0.0169. The molecule has 0 amide bonds. The van der Waals surface area contributed by atoms with Gasteiger partial charge in [0.05, 0.1) is 17.7 Å². The number of sulfonamides is 1. The highest BCUT2D eigenvalue weighted by molar-refractivity contribution is 7.93. The van der Waals surface area contributed by atoms with Crippen LogP contribution in [0.3, 0.4) is 0 Å². The second kappa shape index (κ2) is 8.14. The Morgan fingerprint density at radius 2 is 2.05 bits per heavy atom. The van der Waals surface area contributed by atoms with E-state index in [0.29, 0.717) is 13.0 Å². The quantitative estimate of drug-likeness (QED) is 0.522. The molecule has 0 bridgehead atoms. The lowest BCUT2D eigenvalue weighted by molar-refractivity contribution is 0.0321.